The van der Waals surface area contributed by atoms with Crippen molar-refractivity contribution in [3.05, 3.63) is 71.0 Å². The predicted octanol–water partition coefficient (Wildman–Crippen LogP) is 4.94. The Hall–Kier alpha value is -1.67. The van der Waals surface area contributed by atoms with Crippen molar-refractivity contribution in [2.45, 2.75) is 38.8 Å². The average molecular weight is 283 g/mol. The molecule has 110 valence electrons. The van der Waals surface area contributed by atoms with E-state index in [9.17, 15) is 4.39 Å². The first-order valence-electron chi connectivity index (χ1n) is 7.71. The zero-order chi connectivity index (χ0) is 14.8. The van der Waals surface area contributed by atoms with E-state index >= 15 is 0 Å². The molecule has 3 rings (SSSR count). The van der Waals surface area contributed by atoms with Crippen LogP contribution in [0.2, 0.25) is 0 Å². The van der Waals surface area contributed by atoms with Gasteiger partial charge in [-0.15, -0.1) is 0 Å². The van der Waals surface area contributed by atoms with Gasteiger partial charge in [0.1, 0.15) is 5.82 Å². The fourth-order valence-electron chi connectivity index (χ4n) is 2.82. The lowest BCUT2D eigenvalue weighted by molar-refractivity contribution is 0.427. The van der Waals surface area contributed by atoms with Crippen molar-refractivity contribution in [3.8, 4) is 0 Å². The second kappa shape index (κ2) is 5.98. The van der Waals surface area contributed by atoms with Gasteiger partial charge in [0.05, 0.1) is 0 Å². The summed E-state index contributed by atoms with van der Waals surface area (Å²) in [5, 5.41) is 3.73. The van der Waals surface area contributed by atoms with Crippen LogP contribution in [0.3, 0.4) is 0 Å². The molecule has 1 saturated carbocycles. The van der Waals surface area contributed by atoms with Gasteiger partial charge in [-0.1, -0.05) is 42.0 Å². The Morgan fingerprint density at radius 2 is 1.52 bits per heavy atom. The summed E-state index contributed by atoms with van der Waals surface area (Å²) in [6.07, 6.45) is 2.59. The highest BCUT2D eigenvalue weighted by molar-refractivity contribution is 5.27. The van der Waals surface area contributed by atoms with Gasteiger partial charge in [0.2, 0.25) is 0 Å². The Balaban J connectivity index is 1.76. The van der Waals surface area contributed by atoms with E-state index < -0.39 is 0 Å². The molecule has 2 aromatic carbocycles. The highest BCUT2D eigenvalue weighted by Gasteiger charge is 2.33. The maximum absolute atomic E-state index is 13.0. The Bertz CT molecular complexity index is 584. The smallest absolute Gasteiger partial charge is 0.123 e. The van der Waals surface area contributed by atoms with Crippen LogP contribution in [0, 0.1) is 18.7 Å². The molecule has 0 saturated heterocycles. The predicted molar refractivity (Wildman–Crippen MR) is 84.6 cm³/mol. The molecule has 1 aliphatic carbocycles. The monoisotopic (exact) mass is 283 g/mol. The van der Waals surface area contributed by atoms with Crippen molar-refractivity contribution < 1.29 is 4.39 Å². The zero-order valence-electron chi connectivity index (χ0n) is 12.6. The molecule has 1 fully saturated rings. The Morgan fingerprint density at radius 3 is 2.10 bits per heavy atom. The summed E-state index contributed by atoms with van der Waals surface area (Å²) in [5.74, 6) is 0.554. The molecule has 0 aromatic heterocycles. The van der Waals surface area contributed by atoms with Crippen LogP contribution in [-0.4, -0.2) is 0 Å². The summed E-state index contributed by atoms with van der Waals surface area (Å²) in [6, 6.07) is 16.2. The minimum absolute atomic E-state index is 0.178. The highest BCUT2D eigenvalue weighted by atomic mass is 19.1. The minimum atomic E-state index is -0.178. The van der Waals surface area contributed by atoms with Crippen LogP contribution in [0.25, 0.3) is 0 Å². The third-order valence-electron chi connectivity index (χ3n) is 4.33. The third kappa shape index (κ3) is 3.51. The fourth-order valence-corrected chi connectivity index (χ4v) is 2.82. The van der Waals surface area contributed by atoms with Crippen molar-refractivity contribution in [3.63, 3.8) is 0 Å². The minimum Gasteiger partial charge on any atom is -0.303 e. The molecule has 1 N–H and O–H groups in total. The van der Waals surface area contributed by atoms with Crippen molar-refractivity contribution in [1.82, 2.24) is 5.32 Å². The van der Waals surface area contributed by atoms with E-state index in [1.54, 1.807) is 0 Å². The summed E-state index contributed by atoms with van der Waals surface area (Å²) in [4.78, 5) is 0. The second-order valence-electron chi connectivity index (χ2n) is 6.17. The van der Waals surface area contributed by atoms with E-state index in [0.717, 1.165) is 11.5 Å². The molecule has 1 unspecified atom stereocenters. The number of rotatable bonds is 5. The van der Waals surface area contributed by atoms with E-state index in [1.165, 1.54) is 36.1 Å². The van der Waals surface area contributed by atoms with Gasteiger partial charge in [-0.3, -0.25) is 0 Å². The summed E-state index contributed by atoms with van der Waals surface area (Å²) in [7, 11) is 0. The molecule has 2 atom stereocenters. The van der Waals surface area contributed by atoms with E-state index in [4.69, 9.17) is 0 Å². The molecule has 0 bridgehead atoms. The quantitative estimate of drug-likeness (QED) is 0.820. The number of benzene rings is 2. The number of hydrogen-bond donors (Lipinski definition) is 1. The van der Waals surface area contributed by atoms with Crippen molar-refractivity contribution in [2.24, 2.45) is 5.92 Å². The van der Waals surface area contributed by atoms with Gasteiger partial charge in [-0.05, 0) is 55.9 Å². The molecular weight excluding hydrogens is 261 g/mol. The van der Waals surface area contributed by atoms with Gasteiger partial charge in [-0.25, -0.2) is 4.39 Å². The SMILES string of the molecule is Cc1ccc(C(N[C@H](C)c2ccc(F)cc2)C2CC2)cc1. The zero-order valence-corrected chi connectivity index (χ0v) is 12.6. The van der Waals surface area contributed by atoms with Crippen LogP contribution >= 0.6 is 0 Å². The van der Waals surface area contributed by atoms with Crippen LogP contribution in [0.1, 0.15) is 48.5 Å². The molecule has 1 aliphatic rings. The first kappa shape index (κ1) is 14.3. The normalized spacial score (nSPS) is 17.5. The molecule has 2 heteroatoms. The number of halogens is 1. The largest absolute Gasteiger partial charge is 0.303 e. The van der Waals surface area contributed by atoms with Crippen molar-refractivity contribution >= 4 is 0 Å². The van der Waals surface area contributed by atoms with Gasteiger partial charge in [0.15, 0.2) is 0 Å². The molecule has 1 nitrogen and oxygen atoms in total. The topological polar surface area (TPSA) is 12.0 Å². The summed E-state index contributed by atoms with van der Waals surface area (Å²) in [6.45, 7) is 4.27. The first-order valence-corrected chi connectivity index (χ1v) is 7.71. The number of nitrogens with one attached hydrogen (secondary N) is 1. The Labute approximate surface area is 126 Å². The lowest BCUT2D eigenvalue weighted by atomic mass is 9.98. The van der Waals surface area contributed by atoms with Crippen LogP contribution in [-0.2, 0) is 0 Å². The van der Waals surface area contributed by atoms with Crippen LogP contribution < -0.4 is 5.32 Å². The Kier molecular flexibility index (Phi) is 4.07. The molecule has 2 aromatic rings. The third-order valence-corrected chi connectivity index (χ3v) is 4.33. The fraction of sp³-hybridized carbons (Fsp3) is 0.368. The first-order chi connectivity index (χ1) is 10.1. The van der Waals surface area contributed by atoms with Crippen molar-refractivity contribution in [1.29, 1.82) is 0 Å². The van der Waals surface area contributed by atoms with Gasteiger partial charge in [0, 0.05) is 12.1 Å². The maximum Gasteiger partial charge on any atom is 0.123 e. The van der Waals surface area contributed by atoms with Gasteiger partial charge < -0.3 is 5.32 Å². The van der Waals surface area contributed by atoms with Gasteiger partial charge >= 0.3 is 0 Å². The van der Waals surface area contributed by atoms with Crippen LogP contribution in [0.5, 0.6) is 0 Å². The lowest BCUT2D eigenvalue weighted by Crippen LogP contribution is -2.26. The molecule has 0 amide bonds. The summed E-state index contributed by atoms with van der Waals surface area (Å²) < 4.78 is 13.0. The van der Waals surface area contributed by atoms with Crippen LogP contribution in [0.15, 0.2) is 48.5 Å². The summed E-state index contributed by atoms with van der Waals surface area (Å²) >= 11 is 0. The average Bonchev–Trinajstić information content (AvgIpc) is 3.31. The van der Waals surface area contributed by atoms with E-state index in [2.05, 4.69) is 43.4 Å². The van der Waals surface area contributed by atoms with Gasteiger partial charge in [0.25, 0.3) is 0 Å². The van der Waals surface area contributed by atoms with Crippen LogP contribution in [0.4, 0.5) is 4.39 Å². The maximum atomic E-state index is 13.0. The molecule has 0 heterocycles. The lowest BCUT2D eigenvalue weighted by Gasteiger charge is -2.24. The van der Waals surface area contributed by atoms with E-state index in [1.807, 2.05) is 12.1 Å². The molecule has 21 heavy (non-hydrogen) atoms. The molecule has 0 spiro atoms. The number of hydrogen-bond acceptors (Lipinski definition) is 1. The number of aryl methyl sites for hydroxylation is 1. The van der Waals surface area contributed by atoms with Gasteiger partial charge in [-0.2, -0.15) is 0 Å². The van der Waals surface area contributed by atoms with E-state index in [-0.39, 0.29) is 11.9 Å². The Morgan fingerprint density at radius 1 is 0.952 bits per heavy atom. The van der Waals surface area contributed by atoms with E-state index in [0.29, 0.717) is 6.04 Å². The standard InChI is InChI=1S/C19H22FN/c1-13-3-5-16(6-4-13)19(17-7-8-17)21-14(2)15-9-11-18(20)12-10-15/h3-6,9-12,14,17,19,21H,7-8H2,1-2H3/t14-,19?/m1/s1. The van der Waals surface area contributed by atoms with Crippen molar-refractivity contribution in [2.75, 3.05) is 0 Å². The molecule has 0 radical (unpaired) electrons. The second-order valence-corrected chi connectivity index (χ2v) is 6.17. The molecular formula is C19H22FN. The highest BCUT2D eigenvalue weighted by Crippen LogP contribution is 2.42. The molecule has 0 aliphatic heterocycles. The summed E-state index contributed by atoms with van der Waals surface area (Å²) in [5.41, 5.74) is 3.78.